The van der Waals surface area contributed by atoms with Crippen LogP contribution < -0.4 is 11.1 Å². The summed E-state index contributed by atoms with van der Waals surface area (Å²) in [5, 5.41) is 2.98. The zero-order valence-electron chi connectivity index (χ0n) is 13.2. The quantitative estimate of drug-likeness (QED) is 0.881. The van der Waals surface area contributed by atoms with Crippen molar-refractivity contribution < 1.29 is 9.59 Å². The Morgan fingerprint density at radius 1 is 0.957 bits per heavy atom. The molecule has 122 valence electrons. The van der Waals surface area contributed by atoms with Crippen molar-refractivity contribution in [1.29, 1.82) is 0 Å². The summed E-state index contributed by atoms with van der Waals surface area (Å²) in [6.07, 6.45) is 6.30. The summed E-state index contributed by atoms with van der Waals surface area (Å²) in [6, 6.07) is 7.16. The first-order valence-corrected chi connectivity index (χ1v) is 8.56. The Hall–Kier alpha value is -2.04. The largest absolute Gasteiger partial charge is 0.366 e. The second kappa shape index (κ2) is 5.55. The van der Waals surface area contributed by atoms with E-state index in [0.717, 1.165) is 18.4 Å². The van der Waals surface area contributed by atoms with Crippen molar-refractivity contribution in [2.45, 2.75) is 38.1 Å². The molecule has 4 fully saturated rings. The molecule has 5 nitrogen and oxygen atoms in total. The van der Waals surface area contributed by atoms with Crippen LogP contribution >= 0.6 is 0 Å². The van der Waals surface area contributed by atoms with Gasteiger partial charge < -0.3 is 16.0 Å². The van der Waals surface area contributed by atoms with Crippen LogP contribution in [0.4, 0.5) is 10.5 Å². The summed E-state index contributed by atoms with van der Waals surface area (Å²) >= 11 is 0. The number of fused-ring (bicyclic) bond motifs is 1. The number of benzene rings is 1. The molecule has 0 radical (unpaired) electrons. The minimum Gasteiger partial charge on any atom is -0.366 e. The molecule has 23 heavy (non-hydrogen) atoms. The van der Waals surface area contributed by atoms with Gasteiger partial charge in [0.15, 0.2) is 0 Å². The van der Waals surface area contributed by atoms with Gasteiger partial charge in [-0.3, -0.25) is 4.79 Å². The SMILES string of the molecule is NC(=O)c1ccc(NC(=O)N2CC3CC4CC(C3)CC2C4)cc1. The molecule has 0 spiro atoms. The third-order valence-corrected chi connectivity index (χ3v) is 5.79. The second-order valence-electron chi connectivity index (χ2n) is 7.45. The minimum absolute atomic E-state index is 0.00461. The highest BCUT2D eigenvalue weighted by atomic mass is 16.2. The summed E-state index contributed by atoms with van der Waals surface area (Å²) in [7, 11) is 0. The van der Waals surface area contributed by atoms with Gasteiger partial charge in [-0.05, 0) is 74.1 Å². The molecule has 5 heteroatoms. The molecule has 4 bridgehead atoms. The van der Waals surface area contributed by atoms with Crippen LogP contribution in [0.15, 0.2) is 24.3 Å². The second-order valence-corrected chi connectivity index (χ2v) is 7.45. The molecule has 0 aromatic heterocycles. The molecule has 2 saturated carbocycles. The highest BCUT2D eigenvalue weighted by Gasteiger charge is 2.44. The van der Waals surface area contributed by atoms with Gasteiger partial charge in [0.05, 0.1) is 0 Å². The minimum atomic E-state index is -0.455. The number of hydrogen-bond donors (Lipinski definition) is 2. The van der Waals surface area contributed by atoms with E-state index in [2.05, 4.69) is 10.2 Å². The van der Waals surface area contributed by atoms with Crippen molar-refractivity contribution in [3.8, 4) is 0 Å². The van der Waals surface area contributed by atoms with Gasteiger partial charge in [-0.15, -0.1) is 0 Å². The Labute approximate surface area is 136 Å². The average Bonchev–Trinajstić information content (AvgIpc) is 2.71. The van der Waals surface area contributed by atoms with E-state index in [4.69, 9.17) is 5.73 Å². The molecular formula is C18H23N3O2. The number of nitrogens with zero attached hydrogens (tertiary/aromatic N) is 1. The fraction of sp³-hybridized carbons (Fsp3) is 0.556. The monoisotopic (exact) mass is 313 g/mol. The highest BCUT2D eigenvalue weighted by molar-refractivity contribution is 5.94. The molecule has 2 saturated heterocycles. The number of amides is 3. The van der Waals surface area contributed by atoms with E-state index >= 15 is 0 Å². The van der Waals surface area contributed by atoms with Gasteiger partial charge in [0.2, 0.25) is 5.91 Å². The number of anilines is 1. The lowest BCUT2D eigenvalue weighted by molar-refractivity contribution is 0.1000. The lowest BCUT2D eigenvalue weighted by Gasteiger charge is -2.38. The van der Waals surface area contributed by atoms with Crippen molar-refractivity contribution in [2.24, 2.45) is 23.5 Å². The van der Waals surface area contributed by atoms with E-state index in [1.54, 1.807) is 24.3 Å². The summed E-state index contributed by atoms with van der Waals surface area (Å²) in [5.74, 6) is 1.87. The molecular weight excluding hydrogens is 290 g/mol. The van der Waals surface area contributed by atoms with Crippen LogP contribution in [0.5, 0.6) is 0 Å². The fourth-order valence-corrected chi connectivity index (χ4v) is 4.95. The number of urea groups is 1. The summed E-state index contributed by atoms with van der Waals surface area (Å²) in [4.78, 5) is 25.9. The van der Waals surface area contributed by atoms with E-state index in [-0.39, 0.29) is 6.03 Å². The van der Waals surface area contributed by atoms with Crippen molar-refractivity contribution in [1.82, 2.24) is 4.90 Å². The third kappa shape index (κ3) is 2.80. The first kappa shape index (κ1) is 14.5. The van der Waals surface area contributed by atoms with Gasteiger partial charge in [-0.25, -0.2) is 4.79 Å². The molecule has 2 atom stereocenters. The van der Waals surface area contributed by atoms with Crippen molar-refractivity contribution >= 4 is 17.6 Å². The Bertz CT molecular complexity index is 614. The molecule has 1 aromatic carbocycles. The molecule has 2 aliphatic carbocycles. The highest BCUT2D eigenvalue weighted by Crippen LogP contribution is 2.47. The van der Waals surface area contributed by atoms with Gasteiger partial charge in [0.25, 0.3) is 0 Å². The number of carbonyl (C=O) groups excluding carboxylic acids is 2. The van der Waals surface area contributed by atoms with Crippen LogP contribution in [0.1, 0.15) is 42.5 Å². The molecule has 5 rings (SSSR count). The third-order valence-electron chi connectivity index (χ3n) is 5.79. The number of rotatable bonds is 2. The summed E-state index contributed by atoms with van der Waals surface area (Å²) < 4.78 is 0. The van der Waals surface area contributed by atoms with Gasteiger partial charge in [-0.1, -0.05) is 0 Å². The zero-order chi connectivity index (χ0) is 16.0. The first-order chi connectivity index (χ1) is 11.1. The van der Waals surface area contributed by atoms with Gasteiger partial charge in [0.1, 0.15) is 0 Å². The van der Waals surface area contributed by atoms with E-state index in [0.29, 0.717) is 23.2 Å². The molecule has 3 N–H and O–H groups in total. The maximum Gasteiger partial charge on any atom is 0.322 e. The lowest BCUT2D eigenvalue weighted by atomic mass is 9.68. The molecule has 2 heterocycles. The normalized spacial score (nSPS) is 31.7. The number of carbonyl (C=O) groups is 2. The number of nitrogens with one attached hydrogen (secondary N) is 1. The average molecular weight is 313 g/mol. The van der Waals surface area contributed by atoms with Crippen molar-refractivity contribution in [2.75, 3.05) is 11.9 Å². The van der Waals surface area contributed by atoms with Crippen molar-refractivity contribution in [3.05, 3.63) is 29.8 Å². The van der Waals surface area contributed by atoms with Crippen LogP contribution in [-0.4, -0.2) is 29.4 Å². The molecule has 1 aromatic rings. The Kier molecular flexibility index (Phi) is 3.51. The van der Waals surface area contributed by atoms with Crippen LogP contribution in [0.2, 0.25) is 0 Å². The smallest absolute Gasteiger partial charge is 0.322 e. The number of nitrogens with two attached hydrogens (primary N) is 1. The van der Waals surface area contributed by atoms with Crippen LogP contribution in [0.3, 0.4) is 0 Å². The number of primary amides is 1. The van der Waals surface area contributed by atoms with E-state index in [9.17, 15) is 9.59 Å². The maximum absolute atomic E-state index is 12.7. The Morgan fingerprint density at radius 2 is 1.57 bits per heavy atom. The predicted molar refractivity (Wildman–Crippen MR) is 88.0 cm³/mol. The van der Waals surface area contributed by atoms with Gasteiger partial charge in [0, 0.05) is 23.8 Å². The summed E-state index contributed by atoms with van der Waals surface area (Å²) in [6.45, 7) is 0.892. The predicted octanol–water partition coefficient (Wildman–Crippen LogP) is 2.83. The van der Waals surface area contributed by atoms with Crippen LogP contribution in [0.25, 0.3) is 0 Å². The number of hydrogen-bond acceptors (Lipinski definition) is 2. The fourth-order valence-electron chi connectivity index (χ4n) is 4.95. The van der Waals surface area contributed by atoms with E-state index in [1.807, 2.05) is 0 Å². The Balaban J connectivity index is 1.47. The molecule has 3 amide bonds. The van der Waals surface area contributed by atoms with Crippen molar-refractivity contribution in [3.63, 3.8) is 0 Å². The van der Waals surface area contributed by atoms with E-state index < -0.39 is 5.91 Å². The van der Waals surface area contributed by atoms with Gasteiger partial charge in [-0.2, -0.15) is 0 Å². The lowest BCUT2D eigenvalue weighted by Crippen LogP contribution is -2.44. The van der Waals surface area contributed by atoms with Gasteiger partial charge >= 0.3 is 6.03 Å². The molecule has 2 aliphatic heterocycles. The zero-order valence-corrected chi connectivity index (χ0v) is 13.2. The van der Waals surface area contributed by atoms with E-state index in [1.165, 1.54) is 32.1 Å². The van der Waals surface area contributed by atoms with Crippen LogP contribution in [-0.2, 0) is 0 Å². The van der Waals surface area contributed by atoms with Crippen LogP contribution in [0, 0.1) is 17.8 Å². The molecule has 4 aliphatic rings. The topological polar surface area (TPSA) is 75.4 Å². The Morgan fingerprint density at radius 3 is 2.17 bits per heavy atom. The first-order valence-electron chi connectivity index (χ1n) is 8.56. The standard InChI is InChI=1S/C18H23N3O2/c19-17(22)14-1-3-15(4-2-14)20-18(23)21-10-13-6-11-5-12(7-13)9-16(21)8-11/h1-4,11-13,16H,5-10H2,(H2,19,22)(H,20,23). The maximum atomic E-state index is 12.7. The molecule has 2 unspecified atom stereocenters. The summed E-state index contributed by atoms with van der Waals surface area (Å²) in [5.41, 5.74) is 6.40.